The molecular formula is C13H20N2O2S. The Hall–Kier alpha value is -0.910. The van der Waals surface area contributed by atoms with Crippen LogP contribution in [0.2, 0.25) is 0 Å². The first-order valence-corrected chi connectivity index (χ1v) is 7.75. The van der Waals surface area contributed by atoms with E-state index in [1.165, 1.54) is 4.31 Å². The second-order valence-electron chi connectivity index (χ2n) is 5.40. The van der Waals surface area contributed by atoms with E-state index in [9.17, 15) is 8.42 Å². The molecule has 2 N–H and O–H groups in total. The monoisotopic (exact) mass is 268 g/mol. The Labute approximate surface area is 109 Å². The Morgan fingerprint density at radius 2 is 1.83 bits per heavy atom. The van der Waals surface area contributed by atoms with Crippen molar-refractivity contribution in [2.45, 2.75) is 25.1 Å². The molecule has 4 nitrogen and oxygen atoms in total. The van der Waals surface area contributed by atoms with Gasteiger partial charge in [-0.2, -0.15) is 4.31 Å². The fourth-order valence-corrected chi connectivity index (χ4v) is 3.72. The van der Waals surface area contributed by atoms with Crippen molar-refractivity contribution in [3.8, 4) is 0 Å². The topological polar surface area (TPSA) is 63.4 Å². The summed E-state index contributed by atoms with van der Waals surface area (Å²) in [4.78, 5) is 0. The number of nitrogens with zero attached hydrogens (tertiary/aromatic N) is 1. The van der Waals surface area contributed by atoms with Gasteiger partial charge in [0.05, 0.1) is 5.75 Å². The van der Waals surface area contributed by atoms with Gasteiger partial charge in [-0.05, 0) is 11.5 Å². The highest BCUT2D eigenvalue weighted by Crippen LogP contribution is 2.29. The molecule has 0 atom stereocenters. The first-order chi connectivity index (χ1) is 8.33. The van der Waals surface area contributed by atoms with Crippen molar-refractivity contribution in [3.63, 3.8) is 0 Å². The number of nitrogens with two attached hydrogens (primary N) is 1. The minimum Gasteiger partial charge on any atom is -0.323 e. The largest absolute Gasteiger partial charge is 0.323 e. The summed E-state index contributed by atoms with van der Waals surface area (Å²) in [6.07, 6.45) is 0. The molecule has 1 fully saturated rings. The highest BCUT2D eigenvalue weighted by atomic mass is 32.2. The molecule has 1 aromatic carbocycles. The fourth-order valence-electron chi connectivity index (χ4n) is 2.05. The van der Waals surface area contributed by atoms with E-state index in [-0.39, 0.29) is 11.3 Å². The molecule has 1 saturated heterocycles. The van der Waals surface area contributed by atoms with Gasteiger partial charge in [-0.3, -0.25) is 0 Å². The molecule has 0 spiro atoms. The van der Waals surface area contributed by atoms with Crippen LogP contribution < -0.4 is 5.73 Å². The number of hydrogen-bond donors (Lipinski definition) is 1. The van der Waals surface area contributed by atoms with Crippen molar-refractivity contribution in [3.05, 3.63) is 35.9 Å². The standard InChI is InChI=1S/C13H20N2O2S/c1-11(2)13(14)9-15(10-13)18(16,17)8-12-6-4-3-5-7-12/h3-7,11H,8-10,14H2,1-2H3. The van der Waals surface area contributed by atoms with Gasteiger partial charge in [-0.1, -0.05) is 44.2 Å². The van der Waals surface area contributed by atoms with Gasteiger partial charge in [0.2, 0.25) is 10.0 Å². The minimum atomic E-state index is -3.23. The lowest BCUT2D eigenvalue weighted by molar-refractivity contribution is 0.110. The SMILES string of the molecule is CC(C)C1(N)CN(S(=O)(=O)Cc2ccccc2)C1. The molecule has 5 heteroatoms. The minimum absolute atomic E-state index is 0.0576. The first kappa shape index (κ1) is 13.5. The second kappa shape index (κ2) is 4.64. The smallest absolute Gasteiger partial charge is 0.218 e. The summed E-state index contributed by atoms with van der Waals surface area (Å²) >= 11 is 0. The van der Waals surface area contributed by atoms with Crippen LogP contribution in [0.5, 0.6) is 0 Å². The van der Waals surface area contributed by atoms with Crippen molar-refractivity contribution in [2.24, 2.45) is 11.7 Å². The molecule has 2 rings (SSSR count). The lowest BCUT2D eigenvalue weighted by Crippen LogP contribution is -2.71. The van der Waals surface area contributed by atoms with Crippen molar-refractivity contribution in [1.82, 2.24) is 4.31 Å². The highest BCUT2D eigenvalue weighted by Gasteiger charge is 2.46. The molecule has 0 bridgehead atoms. The van der Waals surface area contributed by atoms with E-state index in [4.69, 9.17) is 5.73 Å². The first-order valence-electron chi connectivity index (χ1n) is 6.14. The molecule has 0 aromatic heterocycles. The zero-order valence-electron chi connectivity index (χ0n) is 10.8. The summed E-state index contributed by atoms with van der Waals surface area (Å²) in [6.45, 7) is 4.92. The molecule has 1 heterocycles. The van der Waals surface area contributed by atoms with Crippen molar-refractivity contribution in [2.75, 3.05) is 13.1 Å². The molecular weight excluding hydrogens is 248 g/mol. The Morgan fingerprint density at radius 1 is 1.28 bits per heavy atom. The van der Waals surface area contributed by atoms with E-state index in [1.807, 2.05) is 44.2 Å². The average molecular weight is 268 g/mol. The van der Waals surface area contributed by atoms with Crippen LogP contribution in [0.25, 0.3) is 0 Å². The summed E-state index contributed by atoms with van der Waals surface area (Å²) in [7, 11) is -3.23. The lowest BCUT2D eigenvalue weighted by atomic mass is 9.82. The summed E-state index contributed by atoms with van der Waals surface area (Å²) in [5, 5.41) is 0. The maximum absolute atomic E-state index is 12.2. The molecule has 0 unspecified atom stereocenters. The highest BCUT2D eigenvalue weighted by molar-refractivity contribution is 7.88. The summed E-state index contributed by atoms with van der Waals surface area (Å²) in [5.41, 5.74) is 6.58. The van der Waals surface area contributed by atoms with Crippen LogP contribution in [0.3, 0.4) is 0 Å². The zero-order valence-corrected chi connectivity index (χ0v) is 11.7. The van der Waals surface area contributed by atoms with E-state index >= 15 is 0 Å². The van der Waals surface area contributed by atoms with Crippen LogP contribution in [0.15, 0.2) is 30.3 Å². The van der Waals surface area contributed by atoms with Gasteiger partial charge in [0.15, 0.2) is 0 Å². The molecule has 1 aliphatic rings. The average Bonchev–Trinajstić information content (AvgIpc) is 2.25. The zero-order chi connectivity index (χ0) is 13.4. The fraction of sp³-hybridized carbons (Fsp3) is 0.538. The molecule has 1 aliphatic heterocycles. The summed E-state index contributed by atoms with van der Waals surface area (Å²) < 4.78 is 25.8. The van der Waals surface area contributed by atoms with E-state index in [1.54, 1.807) is 0 Å². The van der Waals surface area contributed by atoms with Crippen LogP contribution in [0.4, 0.5) is 0 Å². The van der Waals surface area contributed by atoms with Crippen LogP contribution in [0, 0.1) is 5.92 Å². The lowest BCUT2D eigenvalue weighted by Gasteiger charge is -2.49. The van der Waals surface area contributed by atoms with Gasteiger partial charge in [0, 0.05) is 18.6 Å². The Bertz CT molecular complexity index is 505. The summed E-state index contributed by atoms with van der Waals surface area (Å²) in [5.74, 6) is 0.350. The Balaban J connectivity index is 2.03. The van der Waals surface area contributed by atoms with E-state index in [2.05, 4.69) is 0 Å². The number of benzene rings is 1. The number of hydrogen-bond acceptors (Lipinski definition) is 3. The molecule has 100 valence electrons. The van der Waals surface area contributed by atoms with E-state index in [0.717, 1.165) is 5.56 Å². The normalized spacial score (nSPS) is 19.8. The van der Waals surface area contributed by atoms with Crippen molar-refractivity contribution < 1.29 is 8.42 Å². The third kappa shape index (κ3) is 2.58. The molecule has 18 heavy (non-hydrogen) atoms. The maximum Gasteiger partial charge on any atom is 0.218 e. The van der Waals surface area contributed by atoms with E-state index in [0.29, 0.717) is 19.0 Å². The van der Waals surface area contributed by atoms with Gasteiger partial charge in [0.1, 0.15) is 0 Å². The van der Waals surface area contributed by atoms with Crippen molar-refractivity contribution in [1.29, 1.82) is 0 Å². The van der Waals surface area contributed by atoms with E-state index < -0.39 is 10.0 Å². The Morgan fingerprint density at radius 3 is 2.33 bits per heavy atom. The third-order valence-corrected chi connectivity index (χ3v) is 5.42. The molecule has 0 radical (unpaired) electrons. The maximum atomic E-state index is 12.2. The predicted octanol–water partition coefficient (Wildman–Crippen LogP) is 1.19. The molecule has 1 aromatic rings. The van der Waals surface area contributed by atoms with Crippen LogP contribution in [0.1, 0.15) is 19.4 Å². The van der Waals surface area contributed by atoms with Crippen LogP contribution >= 0.6 is 0 Å². The summed E-state index contributed by atoms with van der Waals surface area (Å²) in [6, 6.07) is 9.24. The van der Waals surface area contributed by atoms with Gasteiger partial charge in [-0.15, -0.1) is 0 Å². The molecule has 0 saturated carbocycles. The van der Waals surface area contributed by atoms with Gasteiger partial charge in [-0.25, -0.2) is 8.42 Å². The van der Waals surface area contributed by atoms with Crippen LogP contribution in [-0.4, -0.2) is 31.4 Å². The van der Waals surface area contributed by atoms with Crippen molar-refractivity contribution >= 4 is 10.0 Å². The van der Waals surface area contributed by atoms with Gasteiger partial charge in [0.25, 0.3) is 0 Å². The predicted molar refractivity (Wildman–Crippen MR) is 72.4 cm³/mol. The van der Waals surface area contributed by atoms with Gasteiger partial charge >= 0.3 is 0 Å². The molecule has 0 aliphatic carbocycles. The quantitative estimate of drug-likeness (QED) is 0.892. The third-order valence-electron chi connectivity index (χ3n) is 3.68. The van der Waals surface area contributed by atoms with Crippen LogP contribution in [-0.2, 0) is 15.8 Å². The number of rotatable bonds is 4. The molecule has 0 amide bonds. The second-order valence-corrected chi connectivity index (χ2v) is 7.37. The van der Waals surface area contributed by atoms with Gasteiger partial charge < -0.3 is 5.73 Å². The number of sulfonamides is 1. The Kier molecular flexibility index (Phi) is 3.49.